The number of carbonyl (C=O) groups is 3. The minimum atomic E-state index is -0.827. The van der Waals surface area contributed by atoms with Crippen molar-refractivity contribution in [3.05, 3.63) is 11.3 Å². The number of rotatable bonds is 5. The average molecular weight is 225 g/mol. The minimum absolute atomic E-state index is 0.165. The number of hydrogen-bond acceptors (Lipinski definition) is 6. The van der Waals surface area contributed by atoms with Crippen molar-refractivity contribution in [3.8, 4) is 6.07 Å². The van der Waals surface area contributed by atoms with Gasteiger partial charge in [-0.1, -0.05) is 0 Å². The van der Waals surface area contributed by atoms with Gasteiger partial charge in [0.05, 0.1) is 7.11 Å². The zero-order valence-electron chi connectivity index (χ0n) is 8.86. The van der Waals surface area contributed by atoms with Crippen LogP contribution in [0.1, 0.15) is 6.92 Å². The van der Waals surface area contributed by atoms with E-state index in [1.54, 1.807) is 6.07 Å². The third-order valence-corrected chi connectivity index (χ3v) is 1.63. The summed E-state index contributed by atoms with van der Waals surface area (Å²) in [4.78, 5) is 31.9. The van der Waals surface area contributed by atoms with Gasteiger partial charge in [-0.15, -0.1) is 0 Å². The molecule has 0 unspecified atom stereocenters. The number of methoxy groups -OCH3 is 1. The van der Waals surface area contributed by atoms with Gasteiger partial charge >= 0.3 is 5.97 Å². The molecule has 7 heteroatoms. The van der Waals surface area contributed by atoms with Crippen molar-refractivity contribution >= 4 is 18.3 Å². The number of nitrogens with zero attached hydrogens (tertiary/aromatic N) is 1. The molecule has 0 fully saturated rings. The molecule has 16 heavy (non-hydrogen) atoms. The van der Waals surface area contributed by atoms with Crippen LogP contribution in [-0.4, -0.2) is 31.9 Å². The van der Waals surface area contributed by atoms with Gasteiger partial charge in [0.25, 0.3) is 5.91 Å². The predicted molar refractivity (Wildman–Crippen MR) is 52.5 cm³/mol. The second-order valence-electron chi connectivity index (χ2n) is 2.63. The largest absolute Gasteiger partial charge is 0.468 e. The van der Waals surface area contributed by atoms with Crippen LogP contribution >= 0.6 is 0 Å². The number of allylic oxidation sites excluding steroid dienone is 1. The smallest absolute Gasteiger partial charge is 0.325 e. The number of ether oxygens (including phenoxy) is 1. The third kappa shape index (κ3) is 4.23. The molecule has 0 aromatic heterocycles. The van der Waals surface area contributed by atoms with Gasteiger partial charge in [-0.3, -0.25) is 19.7 Å². The van der Waals surface area contributed by atoms with E-state index in [1.807, 2.05) is 5.32 Å². The van der Waals surface area contributed by atoms with E-state index < -0.39 is 11.9 Å². The maximum Gasteiger partial charge on any atom is 0.325 e. The number of amides is 2. The van der Waals surface area contributed by atoms with Crippen LogP contribution in [0.5, 0.6) is 0 Å². The highest BCUT2D eigenvalue weighted by molar-refractivity contribution is 6.02. The van der Waals surface area contributed by atoms with Crippen LogP contribution < -0.4 is 10.6 Å². The van der Waals surface area contributed by atoms with Gasteiger partial charge in [0.2, 0.25) is 6.41 Å². The normalized spacial score (nSPS) is 10.6. The molecule has 0 aromatic rings. The Balaban J connectivity index is 4.63. The summed E-state index contributed by atoms with van der Waals surface area (Å²) < 4.78 is 4.36. The van der Waals surface area contributed by atoms with Crippen molar-refractivity contribution in [2.75, 3.05) is 13.7 Å². The summed E-state index contributed by atoms with van der Waals surface area (Å²) in [6, 6.07) is 1.62. The molecule has 0 spiro atoms. The monoisotopic (exact) mass is 225 g/mol. The summed E-state index contributed by atoms with van der Waals surface area (Å²) in [6.07, 6.45) is 0.174. The average Bonchev–Trinajstić information content (AvgIpc) is 2.27. The topological polar surface area (TPSA) is 108 Å². The molecule has 0 atom stereocenters. The molecule has 0 aliphatic heterocycles. The molecule has 2 N–H and O–H groups in total. The van der Waals surface area contributed by atoms with Gasteiger partial charge < -0.3 is 10.1 Å². The van der Waals surface area contributed by atoms with E-state index in [0.29, 0.717) is 0 Å². The Kier molecular flexibility index (Phi) is 5.97. The Hall–Kier alpha value is -2.36. The van der Waals surface area contributed by atoms with Crippen molar-refractivity contribution in [2.24, 2.45) is 0 Å². The fourth-order valence-electron chi connectivity index (χ4n) is 0.796. The lowest BCUT2D eigenvalue weighted by Crippen LogP contribution is -2.28. The van der Waals surface area contributed by atoms with E-state index in [9.17, 15) is 14.4 Å². The van der Waals surface area contributed by atoms with E-state index in [1.165, 1.54) is 14.0 Å². The van der Waals surface area contributed by atoms with Crippen LogP contribution in [0.2, 0.25) is 0 Å². The summed E-state index contributed by atoms with van der Waals surface area (Å²) in [7, 11) is 1.22. The first-order chi connectivity index (χ1) is 7.56. The molecule has 0 aromatic carbocycles. The number of carbonyl (C=O) groups excluding carboxylic acids is 3. The maximum atomic E-state index is 11.2. The van der Waals surface area contributed by atoms with Gasteiger partial charge in [0.15, 0.2) is 0 Å². The molecule has 0 bridgehead atoms. The highest BCUT2D eigenvalue weighted by atomic mass is 16.5. The lowest BCUT2D eigenvalue weighted by molar-refractivity contribution is -0.139. The van der Waals surface area contributed by atoms with Crippen LogP contribution in [0.3, 0.4) is 0 Å². The molecule has 0 radical (unpaired) electrons. The molecule has 2 amide bonds. The van der Waals surface area contributed by atoms with Crippen LogP contribution in [0.4, 0.5) is 0 Å². The molecular weight excluding hydrogens is 214 g/mol. The number of nitrogens with one attached hydrogen (secondary N) is 2. The minimum Gasteiger partial charge on any atom is -0.468 e. The van der Waals surface area contributed by atoms with E-state index in [4.69, 9.17) is 5.26 Å². The number of esters is 1. The number of nitriles is 1. The highest BCUT2D eigenvalue weighted by Gasteiger charge is 2.12. The van der Waals surface area contributed by atoms with E-state index in [-0.39, 0.29) is 24.2 Å². The fraction of sp³-hybridized carbons (Fsp3) is 0.333. The summed E-state index contributed by atoms with van der Waals surface area (Å²) in [6.45, 7) is 1.27. The summed E-state index contributed by atoms with van der Waals surface area (Å²) >= 11 is 0. The lowest BCUT2D eigenvalue weighted by Gasteiger charge is -2.06. The first kappa shape index (κ1) is 13.6. The SMILES string of the molecule is COC(=O)CN/C(C)=C(/C#N)C(=O)NC=O. The van der Waals surface area contributed by atoms with Crippen molar-refractivity contribution in [2.45, 2.75) is 6.92 Å². The quantitative estimate of drug-likeness (QED) is 0.264. The zero-order chi connectivity index (χ0) is 12.6. The molecule has 0 saturated carbocycles. The Labute approximate surface area is 92.1 Å². The highest BCUT2D eigenvalue weighted by Crippen LogP contribution is 1.99. The van der Waals surface area contributed by atoms with Crippen molar-refractivity contribution in [1.82, 2.24) is 10.6 Å². The van der Waals surface area contributed by atoms with Gasteiger partial charge in [-0.05, 0) is 6.92 Å². The van der Waals surface area contributed by atoms with Gasteiger partial charge in [-0.2, -0.15) is 5.26 Å². The molecule has 0 aliphatic rings. The number of imide groups is 1. The van der Waals surface area contributed by atoms with E-state index in [2.05, 4.69) is 10.1 Å². The molecule has 7 nitrogen and oxygen atoms in total. The summed E-state index contributed by atoms with van der Waals surface area (Å²) in [5.74, 6) is -1.36. The number of hydrogen-bond donors (Lipinski definition) is 2. The first-order valence-electron chi connectivity index (χ1n) is 4.23. The standard InChI is InChI=1S/C9H11N3O4/c1-6(11-4-8(14)16-2)7(3-10)9(15)12-5-13/h5,11H,4H2,1-2H3,(H,12,13,15)/b7-6-. The zero-order valence-corrected chi connectivity index (χ0v) is 8.86. The summed E-state index contributed by atoms with van der Waals surface area (Å²) in [5, 5.41) is 13.0. The van der Waals surface area contributed by atoms with Gasteiger partial charge in [0, 0.05) is 5.70 Å². The second-order valence-corrected chi connectivity index (χ2v) is 2.63. The third-order valence-electron chi connectivity index (χ3n) is 1.63. The maximum absolute atomic E-state index is 11.2. The predicted octanol–water partition coefficient (Wildman–Crippen LogP) is -1.18. The van der Waals surface area contributed by atoms with Crippen LogP contribution in [0.15, 0.2) is 11.3 Å². The fourth-order valence-corrected chi connectivity index (χ4v) is 0.796. The Morgan fingerprint density at radius 3 is 2.56 bits per heavy atom. The lowest BCUT2D eigenvalue weighted by atomic mass is 10.2. The molecule has 0 heterocycles. The Morgan fingerprint density at radius 1 is 1.50 bits per heavy atom. The molecule has 0 aliphatic carbocycles. The van der Waals surface area contributed by atoms with Crippen molar-refractivity contribution < 1.29 is 19.1 Å². The van der Waals surface area contributed by atoms with E-state index >= 15 is 0 Å². The molecular formula is C9H11N3O4. The second kappa shape index (κ2) is 7.00. The molecule has 86 valence electrons. The Bertz CT molecular complexity index is 367. The summed E-state index contributed by atoms with van der Waals surface area (Å²) in [5.41, 5.74) is -0.0803. The Morgan fingerprint density at radius 2 is 2.12 bits per heavy atom. The van der Waals surface area contributed by atoms with Crippen LogP contribution in [0, 0.1) is 11.3 Å². The molecule has 0 rings (SSSR count). The van der Waals surface area contributed by atoms with Crippen molar-refractivity contribution in [3.63, 3.8) is 0 Å². The van der Waals surface area contributed by atoms with E-state index in [0.717, 1.165) is 0 Å². The van der Waals surface area contributed by atoms with Crippen molar-refractivity contribution in [1.29, 1.82) is 5.26 Å². The van der Waals surface area contributed by atoms with Crippen LogP contribution in [-0.2, 0) is 19.1 Å². The first-order valence-corrected chi connectivity index (χ1v) is 4.23. The molecule has 0 saturated heterocycles. The van der Waals surface area contributed by atoms with Gasteiger partial charge in [-0.25, -0.2) is 0 Å². The van der Waals surface area contributed by atoms with Crippen LogP contribution in [0.25, 0.3) is 0 Å². The van der Waals surface area contributed by atoms with Gasteiger partial charge in [0.1, 0.15) is 18.2 Å².